The molecule has 0 unspecified atom stereocenters. The Labute approximate surface area is 126 Å². The van der Waals surface area contributed by atoms with Gasteiger partial charge in [-0.3, -0.25) is 9.69 Å². The topological polar surface area (TPSA) is 40.5 Å². The number of nitrogens with zero attached hydrogens (tertiary/aromatic N) is 1. The summed E-state index contributed by atoms with van der Waals surface area (Å²) in [5.74, 6) is -0.703. The van der Waals surface area contributed by atoms with Gasteiger partial charge < -0.3 is 5.11 Å². The number of aliphatic carboxylic acids is 1. The van der Waals surface area contributed by atoms with E-state index in [4.69, 9.17) is 5.11 Å². The molecule has 2 aromatic rings. The van der Waals surface area contributed by atoms with Gasteiger partial charge in [0.05, 0.1) is 6.04 Å². The normalized spacial score (nSPS) is 18.9. The van der Waals surface area contributed by atoms with Crippen molar-refractivity contribution >= 4 is 28.6 Å². The fraction of sp³-hybridized carbons (Fsp3) is 0.400. The Bertz CT molecular complexity index is 576. The van der Waals surface area contributed by atoms with Crippen molar-refractivity contribution in [3.8, 4) is 0 Å². The van der Waals surface area contributed by atoms with Crippen molar-refractivity contribution in [1.82, 2.24) is 4.90 Å². The SMILES string of the molecule is O=C(O)CCCN1CCc2sccc2[C@@H]1c1cccs1. The second kappa shape index (κ2) is 6.08. The molecule has 0 aromatic carbocycles. The van der Waals surface area contributed by atoms with Crippen LogP contribution < -0.4 is 0 Å². The summed E-state index contributed by atoms with van der Waals surface area (Å²) >= 11 is 3.63. The maximum Gasteiger partial charge on any atom is 0.303 e. The van der Waals surface area contributed by atoms with Crippen molar-refractivity contribution in [2.24, 2.45) is 0 Å². The molecule has 3 rings (SSSR count). The molecule has 0 radical (unpaired) electrons. The molecule has 1 atom stereocenters. The third kappa shape index (κ3) is 2.80. The predicted molar refractivity (Wildman–Crippen MR) is 82.6 cm³/mol. The van der Waals surface area contributed by atoms with E-state index in [9.17, 15) is 4.79 Å². The molecule has 3 nitrogen and oxygen atoms in total. The number of rotatable bonds is 5. The van der Waals surface area contributed by atoms with Crippen molar-refractivity contribution < 1.29 is 9.90 Å². The summed E-state index contributed by atoms with van der Waals surface area (Å²) in [4.78, 5) is 16.0. The molecule has 5 heteroatoms. The molecular formula is C15H17NO2S2. The van der Waals surface area contributed by atoms with Gasteiger partial charge in [-0.25, -0.2) is 0 Å². The average molecular weight is 307 g/mol. The summed E-state index contributed by atoms with van der Waals surface area (Å²) < 4.78 is 0. The highest BCUT2D eigenvalue weighted by molar-refractivity contribution is 7.10. The highest BCUT2D eigenvalue weighted by Crippen LogP contribution is 2.39. The van der Waals surface area contributed by atoms with Gasteiger partial charge in [0.15, 0.2) is 0 Å². The van der Waals surface area contributed by atoms with Crippen LogP contribution in [0.5, 0.6) is 0 Å². The summed E-state index contributed by atoms with van der Waals surface area (Å²) in [5.41, 5.74) is 1.42. The Kier molecular flexibility index (Phi) is 4.19. The van der Waals surface area contributed by atoms with Gasteiger partial charge in [0.25, 0.3) is 0 Å². The van der Waals surface area contributed by atoms with Crippen molar-refractivity contribution in [3.63, 3.8) is 0 Å². The summed E-state index contributed by atoms with van der Waals surface area (Å²) in [6, 6.07) is 6.83. The van der Waals surface area contributed by atoms with Crippen LogP contribution in [0.15, 0.2) is 29.0 Å². The van der Waals surface area contributed by atoms with Gasteiger partial charge in [0, 0.05) is 22.7 Å². The third-order valence-corrected chi connectivity index (χ3v) is 5.64. The molecule has 20 heavy (non-hydrogen) atoms. The van der Waals surface area contributed by atoms with Gasteiger partial charge in [-0.1, -0.05) is 6.07 Å². The molecule has 3 heterocycles. The van der Waals surface area contributed by atoms with E-state index in [-0.39, 0.29) is 6.42 Å². The Morgan fingerprint density at radius 1 is 1.35 bits per heavy atom. The second-order valence-corrected chi connectivity index (χ2v) is 6.98. The molecule has 0 spiro atoms. The highest BCUT2D eigenvalue weighted by Gasteiger charge is 2.29. The number of thiophene rings is 2. The first kappa shape index (κ1) is 13.8. The average Bonchev–Trinajstić information content (AvgIpc) is 3.08. The van der Waals surface area contributed by atoms with Crippen LogP contribution in [0.4, 0.5) is 0 Å². The Hall–Kier alpha value is -1.17. The molecule has 1 N–H and O–H groups in total. The molecule has 0 aliphatic carbocycles. The Morgan fingerprint density at radius 3 is 3.00 bits per heavy atom. The van der Waals surface area contributed by atoms with Gasteiger partial charge in [-0.15, -0.1) is 22.7 Å². The number of hydrogen-bond acceptors (Lipinski definition) is 4. The second-order valence-electron chi connectivity index (χ2n) is 5.00. The van der Waals surface area contributed by atoms with Crippen molar-refractivity contribution in [1.29, 1.82) is 0 Å². The zero-order valence-corrected chi connectivity index (χ0v) is 12.8. The van der Waals surface area contributed by atoms with Crippen molar-refractivity contribution in [2.45, 2.75) is 25.3 Å². The van der Waals surface area contributed by atoms with Gasteiger partial charge >= 0.3 is 5.97 Å². The van der Waals surface area contributed by atoms with E-state index >= 15 is 0 Å². The van der Waals surface area contributed by atoms with Crippen LogP contribution in [0.1, 0.15) is 34.2 Å². The molecule has 0 amide bonds. The fourth-order valence-corrected chi connectivity index (χ4v) is 4.60. The lowest BCUT2D eigenvalue weighted by molar-refractivity contribution is -0.137. The number of carbonyl (C=O) groups is 1. The lowest BCUT2D eigenvalue weighted by atomic mass is 9.98. The monoisotopic (exact) mass is 307 g/mol. The minimum atomic E-state index is -0.703. The van der Waals surface area contributed by atoms with E-state index in [1.807, 2.05) is 11.3 Å². The van der Waals surface area contributed by atoms with E-state index in [0.717, 1.165) is 25.9 Å². The van der Waals surface area contributed by atoms with Crippen LogP contribution >= 0.6 is 22.7 Å². The lowest BCUT2D eigenvalue weighted by Gasteiger charge is -2.35. The molecule has 1 aliphatic rings. The molecule has 0 fully saturated rings. The quantitative estimate of drug-likeness (QED) is 0.917. The Morgan fingerprint density at radius 2 is 2.25 bits per heavy atom. The number of carboxylic acids is 1. The van der Waals surface area contributed by atoms with Gasteiger partial charge in [-0.05, 0) is 47.8 Å². The van der Waals surface area contributed by atoms with E-state index < -0.39 is 5.97 Å². The van der Waals surface area contributed by atoms with E-state index in [2.05, 4.69) is 33.9 Å². The van der Waals surface area contributed by atoms with Crippen LogP contribution in [0.2, 0.25) is 0 Å². The molecule has 2 aromatic heterocycles. The van der Waals surface area contributed by atoms with Crippen LogP contribution in [0.25, 0.3) is 0 Å². The first-order chi connectivity index (χ1) is 9.75. The van der Waals surface area contributed by atoms with E-state index in [1.165, 1.54) is 15.3 Å². The number of carboxylic acid groups (broad SMARTS) is 1. The fourth-order valence-electron chi connectivity index (χ4n) is 2.82. The molecule has 0 saturated heterocycles. The zero-order valence-electron chi connectivity index (χ0n) is 11.1. The van der Waals surface area contributed by atoms with Gasteiger partial charge in [0.2, 0.25) is 0 Å². The number of hydrogen-bond donors (Lipinski definition) is 1. The van der Waals surface area contributed by atoms with Gasteiger partial charge in [0.1, 0.15) is 0 Å². The molecule has 1 aliphatic heterocycles. The van der Waals surface area contributed by atoms with E-state index in [1.54, 1.807) is 11.3 Å². The molecule has 106 valence electrons. The summed E-state index contributed by atoms with van der Waals surface area (Å²) in [6.45, 7) is 1.87. The van der Waals surface area contributed by atoms with Crippen molar-refractivity contribution in [3.05, 3.63) is 44.3 Å². The predicted octanol–water partition coefficient (Wildman–Crippen LogP) is 3.62. The van der Waals surface area contributed by atoms with Crippen LogP contribution in [0.3, 0.4) is 0 Å². The van der Waals surface area contributed by atoms with E-state index in [0.29, 0.717) is 6.04 Å². The number of fused-ring (bicyclic) bond motifs is 1. The standard InChI is InChI=1S/C15H17NO2S2/c17-14(18)4-1-7-16-8-5-12-11(6-10-20-12)15(16)13-3-2-9-19-13/h2-3,6,9-10,15H,1,4-5,7-8H2,(H,17,18)/t15-/m1/s1. The minimum absolute atomic E-state index is 0.254. The van der Waals surface area contributed by atoms with Crippen molar-refractivity contribution in [2.75, 3.05) is 13.1 Å². The summed E-state index contributed by atoms with van der Waals surface area (Å²) in [5, 5.41) is 13.1. The van der Waals surface area contributed by atoms with Crippen LogP contribution in [-0.4, -0.2) is 29.1 Å². The zero-order chi connectivity index (χ0) is 13.9. The summed E-state index contributed by atoms with van der Waals surface area (Å²) in [7, 11) is 0. The van der Waals surface area contributed by atoms with Gasteiger partial charge in [-0.2, -0.15) is 0 Å². The molecular weight excluding hydrogens is 290 g/mol. The largest absolute Gasteiger partial charge is 0.481 e. The maximum absolute atomic E-state index is 10.7. The lowest BCUT2D eigenvalue weighted by Crippen LogP contribution is -2.35. The molecule has 0 saturated carbocycles. The third-order valence-electron chi connectivity index (χ3n) is 3.71. The van der Waals surface area contributed by atoms with Crippen LogP contribution in [-0.2, 0) is 11.2 Å². The smallest absolute Gasteiger partial charge is 0.303 e. The highest BCUT2D eigenvalue weighted by atomic mass is 32.1. The first-order valence-electron chi connectivity index (χ1n) is 6.81. The first-order valence-corrected chi connectivity index (χ1v) is 8.57. The Balaban J connectivity index is 1.81. The summed E-state index contributed by atoms with van der Waals surface area (Å²) in [6.07, 6.45) is 2.06. The maximum atomic E-state index is 10.7. The molecule has 0 bridgehead atoms. The minimum Gasteiger partial charge on any atom is -0.481 e. The van der Waals surface area contributed by atoms with Crippen LogP contribution in [0, 0.1) is 0 Å².